The number of aromatic nitrogens is 2. The summed E-state index contributed by atoms with van der Waals surface area (Å²) in [6, 6.07) is 6.88. The van der Waals surface area contributed by atoms with Crippen molar-refractivity contribution in [3.63, 3.8) is 0 Å². The minimum absolute atomic E-state index is 0.0301. The fourth-order valence-electron chi connectivity index (χ4n) is 1.31. The second-order valence-corrected chi connectivity index (χ2v) is 5.19. The van der Waals surface area contributed by atoms with Gasteiger partial charge in [0.15, 0.2) is 5.69 Å². The van der Waals surface area contributed by atoms with E-state index in [-0.39, 0.29) is 16.4 Å². The van der Waals surface area contributed by atoms with Crippen molar-refractivity contribution in [3.05, 3.63) is 48.4 Å². The number of nitrogens with one attached hydrogen (secondary N) is 1. The molecule has 0 fully saturated rings. The SMILES string of the molecule is O=C(O)c1cccc(NS(=O)(=O)c2cccnc2)n1. The smallest absolute Gasteiger partial charge is 0.354 e. The van der Waals surface area contributed by atoms with Gasteiger partial charge in [-0.1, -0.05) is 6.07 Å². The quantitative estimate of drug-likeness (QED) is 0.863. The molecule has 0 amide bonds. The molecule has 98 valence electrons. The molecule has 7 nitrogen and oxygen atoms in total. The van der Waals surface area contributed by atoms with E-state index in [4.69, 9.17) is 5.11 Å². The summed E-state index contributed by atoms with van der Waals surface area (Å²) < 4.78 is 26.1. The highest BCUT2D eigenvalue weighted by Crippen LogP contribution is 2.13. The molecular formula is C11H9N3O4S. The van der Waals surface area contributed by atoms with Gasteiger partial charge >= 0.3 is 5.97 Å². The van der Waals surface area contributed by atoms with Crippen molar-refractivity contribution in [2.45, 2.75) is 4.90 Å². The normalized spacial score (nSPS) is 10.9. The Hall–Kier alpha value is -2.48. The molecule has 19 heavy (non-hydrogen) atoms. The third-order valence-electron chi connectivity index (χ3n) is 2.15. The number of sulfonamides is 1. The summed E-state index contributed by atoms with van der Waals surface area (Å²) in [6.07, 6.45) is 2.63. The number of carboxylic acids is 1. The van der Waals surface area contributed by atoms with Crippen LogP contribution in [0.2, 0.25) is 0 Å². The molecule has 0 aromatic carbocycles. The van der Waals surface area contributed by atoms with Crippen LogP contribution in [-0.2, 0) is 10.0 Å². The van der Waals surface area contributed by atoms with Crippen LogP contribution in [0.3, 0.4) is 0 Å². The van der Waals surface area contributed by atoms with E-state index >= 15 is 0 Å². The van der Waals surface area contributed by atoms with Crippen molar-refractivity contribution in [2.24, 2.45) is 0 Å². The van der Waals surface area contributed by atoms with E-state index in [2.05, 4.69) is 14.7 Å². The van der Waals surface area contributed by atoms with Gasteiger partial charge in [0, 0.05) is 12.4 Å². The third-order valence-corrected chi connectivity index (χ3v) is 3.49. The topological polar surface area (TPSA) is 109 Å². The lowest BCUT2D eigenvalue weighted by Gasteiger charge is -2.07. The Kier molecular flexibility index (Phi) is 3.43. The molecule has 0 aliphatic heterocycles. The number of rotatable bonds is 4. The molecule has 0 spiro atoms. The van der Waals surface area contributed by atoms with Gasteiger partial charge in [-0.3, -0.25) is 9.71 Å². The van der Waals surface area contributed by atoms with Crippen LogP contribution < -0.4 is 4.72 Å². The summed E-state index contributed by atoms with van der Waals surface area (Å²) in [7, 11) is -3.82. The van der Waals surface area contributed by atoms with Crippen molar-refractivity contribution in [3.8, 4) is 0 Å². The monoisotopic (exact) mass is 279 g/mol. The molecule has 0 saturated carbocycles. The number of carbonyl (C=O) groups is 1. The van der Waals surface area contributed by atoms with Gasteiger partial charge < -0.3 is 5.11 Å². The van der Waals surface area contributed by atoms with Crippen LogP contribution in [0.25, 0.3) is 0 Å². The van der Waals surface area contributed by atoms with Crippen LogP contribution in [0.5, 0.6) is 0 Å². The van der Waals surface area contributed by atoms with Gasteiger partial charge in [0.2, 0.25) is 0 Å². The van der Waals surface area contributed by atoms with E-state index in [1.807, 2.05) is 0 Å². The summed E-state index contributed by atoms with van der Waals surface area (Å²) in [5.41, 5.74) is -0.244. The molecule has 8 heteroatoms. The van der Waals surface area contributed by atoms with Crippen LogP contribution in [0, 0.1) is 0 Å². The molecule has 2 rings (SSSR count). The number of carboxylic acid groups (broad SMARTS) is 1. The molecule has 2 aromatic heterocycles. The molecule has 2 heterocycles. The molecule has 0 radical (unpaired) electrons. The summed E-state index contributed by atoms with van der Waals surface area (Å²) in [5.74, 6) is -1.30. The van der Waals surface area contributed by atoms with E-state index in [0.717, 1.165) is 0 Å². The van der Waals surface area contributed by atoms with Gasteiger partial charge in [0.05, 0.1) is 0 Å². The predicted octanol–water partition coefficient (Wildman–Crippen LogP) is 0.976. The lowest BCUT2D eigenvalue weighted by Crippen LogP contribution is -2.15. The molecule has 0 saturated heterocycles. The standard InChI is InChI=1S/C11H9N3O4S/c15-11(16)9-4-1-5-10(13-9)14-19(17,18)8-3-2-6-12-7-8/h1-7H,(H,13,14)(H,15,16). The highest BCUT2D eigenvalue weighted by molar-refractivity contribution is 7.92. The highest BCUT2D eigenvalue weighted by Gasteiger charge is 2.15. The van der Waals surface area contributed by atoms with Gasteiger partial charge in [-0.25, -0.2) is 18.2 Å². The van der Waals surface area contributed by atoms with Crippen molar-refractivity contribution in [1.82, 2.24) is 9.97 Å². The fraction of sp³-hybridized carbons (Fsp3) is 0. The zero-order valence-corrected chi connectivity index (χ0v) is 10.3. The maximum Gasteiger partial charge on any atom is 0.354 e. The summed E-state index contributed by atoms with van der Waals surface area (Å²) in [6.45, 7) is 0. The van der Waals surface area contributed by atoms with Crippen molar-refractivity contribution >= 4 is 21.8 Å². The Morgan fingerprint density at radius 2 is 2.00 bits per heavy atom. The summed E-state index contributed by atoms with van der Waals surface area (Å²) >= 11 is 0. The van der Waals surface area contributed by atoms with E-state index in [9.17, 15) is 13.2 Å². The molecular weight excluding hydrogens is 270 g/mol. The van der Waals surface area contributed by atoms with E-state index in [1.165, 1.54) is 42.7 Å². The van der Waals surface area contributed by atoms with Gasteiger partial charge in [-0.15, -0.1) is 0 Å². The number of hydrogen-bond acceptors (Lipinski definition) is 5. The van der Waals surface area contributed by atoms with Crippen LogP contribution >= 0.6 is 0 Å². The Balaban J connectivity index is 2.31. The number of nitrogens with zero attached hydrogens (tertiary/aromatic N) is 2. The number of pyridine rings is 2. The first kappa shape index (κ1) is 13.0. The van der Waals surface area contributed by atoms with Crippen LogP contribution in [0.1, 0.15) is 10.5 Å². The Bertz CT molecular complexity index is 701. The average molecular weight is 279 g/mol. The van der Waals surface area contributed by atoms with Crippen molar-refractivity contribution in [1.29, 1.82) is 0 Å². The maximum absolute atomic E-state index is 11.9. The third kappa shape index (κ3) is 3.05. The molecule has 2 aromatic rings. The highest BCUT2D eigenvalue weighted by atomic mass is 32.2. The minimum Gasteiger partial charge on any atom is -0.477 e. The summed E-state index contributed by atoms with van der Waals surface area (Å²) in [5, 5.41) is 8.77. The summed E-state index contributed by atoms with van der Waals surface area (Å²) in [4.78, 5) is 18.1. The van der Waals surface area contributed by atoms with Gasteiger partial charge in [0.1, 0.15) is 10.7 Å². The van der Waals surface area contributed by atoms with E-state index in [1.54, 1.807) is 0 Å². The van der Waals surface area contributed by atoms with Crippen LogP contribution in [0.4, 0.5) is 5.82 Å². The predicted molar refractivity (Wildman–Crippen MR) is 66.2 cm³/mol. The molecule has 0 unspecified atom stereocenters. The first-order valence-corrected chi connectivity index (χ1v) is 6.60. The first-order valence-electron chi connectivity index (χ1n) is 5.12. The Morgan fingerprint density at radius 1 is 1.21 bits per heavy atom. The van der Waals surface area contributed by atoms with E-state index < -0.39 is 16.0 Å². The van der Waals surface area contributed by atoms with Gasteiger partial charge in [-0.05, 0) is 24.3 Å². The van der Waals surface area contributed by atoms with Crippen molar-refractivity contribution < 1.29 is 18.3 Å². The molecule has 0 atom stereocenters. The Morgan fingerprint density at radius 3 is 2.63 bits per heavy atom. The fourth-order valence-corrected chi connectivity index (χ4v) is 2.28. The van der Waals surface area contributed by atoms with Crippen molar-refractivity contribution in [2.75, 3.05) is 4.72 Å². The lowest BCUT2D eigenvalue weighted by molar-refractivity contribution is 0.0690. The number of hydrogen-bond donors (Lipinski definition) is 2. The lowest BCUT2D eigenvalue weighted by atomic mass is 10.3. The number of anilines is 1. The number of aromatic carboxylic acids is 1. The first-order chi connectivity index (χ1) is 8.99. The molecule has 0 aliphatic rings. The van der Waals surface area contributed by atoms with Crippen LogP contribution in [-0.4, -0.2) is 29.5 Å². The van der Waals surface area contributed by atoms with Gasteiger partial charge in [-0.2, -0.15) is 0 Å². The molecule has 2 N–H and O–H groups in total. The van der Waals surface area contributed by atoms with Crippen LogP contribution in [0.15, 0.2) is 47.6 Å². The molecule has 0 aliphatic carbocycles. The average Bonchev–Trinajstić information content (AvgIpc) is 2.39. The zero-order valence-electron chi connectivity index (χ0n) is 9.52. The second kappa shape index (κ2) is 5.02. The van der Waals surface area contributed by atoms with Gasteiger partial charge in [0.25, 0.3) is 10.0 Å². The second-order valence-electron chi connectivity index (χ2n) is 3.51. The minimum atomic E-state index is -3.82. The maximum atomic E-state index is 11.9. The van der Waals surface area contributed by atoms with E-state index in [0.29, 0.717) is 0 Å². The Labute approximate surface area is 109 Å². The zero-order chi connectivity index (χ0) is 13.9. The molecule has 0 bridgehead atoms. The largest absolute Gasteiger partial charge is 0.477 e.